The molecular formula is C18H16N2OS. The Kier molecular flexibility index (Phi) is 4.30. The number of pyridine rings is 1. The number of nitrogens with zero attached hydrogens (tertiary/aromatic N) is 1. The molecule has 0 radical (unpaired) electrons. The normalized spacial score (nSPS) is 11.9. The van der Waals surface area contributed by atoms with Crippen molar-refractivity contribution in [1.29, 1.82) is 0 Å². The lowest BCUT2D eigenvalue weighted by Crippen LogP contribution is -2.26. The van der Waals surface area contributed by atoms with Crippen molar-refractivity contribution in [3.63, 3.8) is 0 Å². The molecule has 1 aromatic carbocycles. The summed E-state index contributed by atoms with van der Waals surface area (Å²) in [7, 11) is 0. The molecule has 0 saturated heterocycles. The molecule has 2 aromatic heterocycles. The minimum absolute atomic E-state index is 0.0364. The van der Waals surface area contributed by atoms with Crippen molar-refractivity contribution in [2.45, 2.75) is 13.0 Å². The summed E-state index contributed by atoms with van der Waals surface area (Å²) in [5.74, 6) is -0.110. The molecule has 22 heavy (non-hydrogen) atoms. The summed E-state index contributed by atoms with van der Waals surface area (Å²) in [5.41, 5.74) is 2.55. The lowest BCUT2D eigenvalue weighted by atomic mass is 10.1. The zero-order valence-electron chi connectivity index (χ0n) is 12.2. The van der Waals surface area contributed by atoms with E-state index in [2.05, 4.69) is 10.3 Å². The largest absolute Gasteiger partial charge is 0.345 e. The second-order valence-electron chi connectivity index (χ2n) is 5.02. The highest BCUT2D eigenvalue weighted by Gasteiger charge is 2.12. The van der Waals surface area contributed by atoms with Gasteiger partial charge >= 0.3 is 0 Å². The van der Waals surface area contributed by atoms with Crippen LogP contribution in [0.4, 0.5) is 0 Å². The molecule has 1 unspecified atom stereocenters. The molecule has 0 spiro atoms. The molecule has 1 N–H and O–H groups in total. The molecule has 4 heteroatoms. The van der Waals surface area contributed by atoms with Crippen LogP contribution in [0.3, 0.4) is 0 Å². The topological polar surface area (TPSA) is 42.0 Å². The predicted octanol–water partition coefficient (Wildman–Crippen LogP) is 4.30. The fraction of sp³-hybridized carbons (Fsp3) is 0.111. The molecule has 0 fully saturated rings. The molecule has 0 bridgehead atoms. The smallest absolute Gasteiger partial charge is 0.253 e. The van der Waals surface area contributed by atoms with Crippen LogP contribution in [0.25, 0.3) is 10.6 Å². The number of thiophene rings is 1. The number of carbonyl (C=O) groups excluding carboxylic acids is 1. The van der Waals surface area contributed by atoms with Gasteiger partial charge in [-0.25, -0.2) is 0 Å². The average Bonchev–Trinajstić information content (AvgIpc) is 3.10. The third-order valence-electron chi connectivity index (χ3n) is 3.45. The van der Waals surface area contributed by atoms with E-state index in [-0.39, 0.29) is 11.9 Å². The molecule has 3 nitrogen and oxygen atoms in total. The highest BCUT2D eigenvalue weighted by molar-refractivity contribution is 7.13. The van der Waals surface area contributed by atoms with Crippen molar-refractivity contribution in [3.8, 4) is 10.6 Å². The highest BCUT2D eigenvalue weighted by atomic mass is 32.1. The van der Waals surface area contributed by atoms with Crippen molar-refractivity contribution in [1.82, 2.24) is 10.3 Å². The van der Waals surface area contributed by atoms with Crippen molar-refractivity contribution in [3.05, 3.63) is 77.3 Å². The third-order valence-corrected chi connectivity index (χ3v) is 4.34. The van der Waals surface area contributed by atoms with Crippen LogP contribution in [-0.4, -0.2) is 10.9 Å². The number of nitrogens with one attached hydrogen (secondary N) is 1. The Labute approximate surface area is 133 Å². The summed E-state index contributed by atoms with van der Waals surface area (Å²) in [6.07, 6.45) is 1.63. The number of amides is 1. The van der Waals surface area contributed by atoms with Gasteiger partial charge in [-0.2, -0.15) is 0 Å². The maximum Gasteiger partial charge on any atom is 0.253 e. The molecule has 0 aliphatic rings. The molecule has 110 valence electrons. The van der Waals surface area contributed by atoms with Crippen LogP contribution in [0.2, 0.25) is 0 Å². The van der Waals surface area contributed by atoms with Crippen molar-refractivity contribution in [2.24, 2.45) is 0 Å². The van der Waals surface area contributed by atoms with Gasteiger partial charge in [-0.15, -0.1) is 11.3 Å². The van der Waals surface area contributed by atoms with Crippen LogP contribution in [0.1, 0.15) is 28.9 Å². The van der Waals surface area contributed by atoms with Gasteiger partial charge in [0, 0.05) is 6.20 Å². The molecule has 0 aliphatic carbocycles. The lowest BCUT2D eigenvalue weighted by molar-refractivity contribution is 0.0939. The summed E-state index contributed by atoms with van der Waals surface area (Å²) in [6, 6.07) is 17.6. The Morgan fingerprint density at radius 3 is 2.55 bits per heavy atom. The number of benzene rings is 1. The zero-order chi connectivity index (χ0) is 15.4. The fourth-order valence-corrected chi connectivity index (χ4v) is 2.91. The van der Waals surface area contributed by atoms with Crippen molar-refractivity contribution in [2.75, 3.05) is 0 Å². The van der Waals surface area contributed by atoms with Gasteiger partial charge in [0.05, 0.1) is 22.2 Å². The second kappa shape index (κ2) is 6.54. The molecule has 3 aromatic rings. The Morgan fingerprint density at radius 2 is 1.91 bits per heavy atom. The Bertz CT molecular complexity index is 737. The fourth-order valence-electron chi connectivity index (χ4n) is 2.20. The van der Waals surface area contributed by atoms with E-state index in [0.29, 0.717) is 5.56 Å². The van der Waals surface area contributed by atoms with E-state index in [1.807, 2.05) is 66.9 Å². The van der Waals surface area contributed by atoms with E-state index >= 15 is 0 Å². The average molecular weight is 308 g/mol. The van der Waals surface area contributed by atoms with E-state index in [4.69, 9.17) is 0 Å². The van der Waals surface area contributed by atoms with Gasteiger partial charge in [-0.1, -0.05) is 36.4 Å². The summed E-state index contributed by atoms with van der Waals surface area (Å²) < 4.78 is 0. The number of carbonyl (C=O) groups is 1. The molecule has 3 rings (SSSR count). The van der Waals surface area contributed by atoms with Gasteiger partial charge in [-0.05, 0) is 36.1 Å². The highest BCUT2D eigenvalue weighted by Crippen LogP contribution is 2.22. The quantitative estimate of drug-likeness (QED) is 0.780. The molecule has 2 heterocycles. The first kappa shape index (κ1) is 14.5. The standard InChI is InChI=1S/C18H16N2OS/c1-13(14-6-3-2-4-7-14)20-18(21)15-9-10-16(19-12-15)17-8-5-11-22-17/h2-13H,1H3,(H,20,21). The zero-order valence-corrected chi connectivity index (χ0v) is 13.0. The maximum atomic E-state index is 12.3. The lowest BCUT2D eigenvalue weighted by Gasteiger charge is -2.14. The molecule has 1 atom stereocenters. The monoisotopic (exact) mass is 308 g/mol. The Balaban J connectivity index is 1.70. The van der Waals surface area contributed by atoms with Crippen LogP contribution >= 0.6 is 11.3 Å². The van der Waals surface area contributed by atoms with Gasteiger partial charge in [0.15, 0.2) is 0 Å². The van der Waals surface area contributed by atoms with Crippen molar-refractivity contribution < 1.29 is 4.79 Å². The molecule has 0 aliphatic heterocycles. The summed E-state index contributed by atoms with van der Waals surface area (Å²) >= 11 is 1.64. The summed E-state index contributed by atoms with van der Waals surface area (Å²) in [6.45, 7) is 1.97. The number of aromatic nitrogens is 1. The van der Waals surface area contributed by atoms with Gasteiger partial charge in [-0.3, -0.25) is 9.78 Å². The minimum atomic E-state index is -0.110. The first-order chi connectivity index (χ1) is 10.7. The molecule has 0 saturated carbocycles. The molecule has 1 amide bonds. The third kappa shape index (κ3) is 3.23. The Hall–Kier alpha value is -2.46. The van der Waals surface area contributed by atoms with Crippen LogP contribution < -0.4 is 5.32 Å². The van der Waals surface area contributed by atoms with Gasteiger partial charge in [0.1, 0.15) is 0 Å². The van der Waals surface area contributed by atoms with Gasteiger partial charge < -0.3 is 5.32 Å². The number of rotatable bonds is 4. The first-order valence-electron chi connectivity index (χ1n) is 7.10. The van der Waals surface area contributed by atoms with Gasteiger partial charge in [0.2, 0.25) is 0 Å². The van der Waals surface area contributed by atoms with Gasteiger partial charge in [0.25, 0.3) is 5.91 Å². The molecular weight excluding hydrogens is 292 g/mol. The van der Waals surface area contributed by atoms with E-state index < -0.39 is 0 Å². The number of hydrogen-bond donors (Lipinski definition) is 1. The minimum Gasteiger partial charge on any atom is -0.345 e. The van der Waals surface area contributed by atoms with E-state index in [9.17, 15) is 4.79 Å². The predicted molar refractivity (Wildman–Crippen MR) is 89.9 cm³/mol. The van der Waals surface area contributed by atoms with E-state index in [0.717, 1.165) is 16.1 Å². The van der Waals surface area contributed by atoms with Crippen LogP contribution in [0.15, 0.2) is 66.2 Å². The van der Waals surface area contributed by atoms with Crippen LogP contribution in [-0.2, 0) is 0 Å². The second-order valence-corrected chi connectivity index (χ2v) is 5.96. The van der Waals surface area contributed by atoms with E-state index in [1.54, 1.807) is 17.5 Å². The first-order valence-corrected chi connectivity index (χ1v) is 7.98. The summed E-state index contributed by atoms with van der Waals surface area (Å²) in [4.78, 5) is 17.8. The maximum absolute atomic E-state index is 12.3. The van der Waals surface area contributed by atoms with E-state index in [1.165, 1.54) is 0 Å². The number of hydrogen-bond acceptors (Lipinski definition) is 3. The van der Waals surface area contributed by atoms with Crippen LogP contribution in [0, 0.1) is 0 Å². The van der Waals surface area contributed by atoms with Crippen LogP contribution in [0.5, 0.6) is 0 Å². The Morgan fingerprint density at radius 1 is 1.09 bits per heavy atom. The van der Waals surface area contributed by atoms with Crippen molar-refractivity contribution >= 4 is 17.2 Å². The SMILES string of the molecule is CC(NC(=O)c1ccc(-c2cccs2)nc1)c1ccccc1. The summed E-state index contributed by atoms with van der Waals surface area (Å²) in [5, 5.41) is 5.00.